The zero-order valence-electron chi connectivity index (χ0n) is 12.4. The van der Waals surface area contributed by atoms with Crippen LogP contribution in [0.3, 0.4) is 0 Å². The van der Waals surface area contributed by atoms with E-state index in [0.717, 1.165) is 32.0 Å². The maximum absolute atomic E-state index is 5.83. The number of thiazole rings is 1. The Balaban J connectivity index is 2.03. The number of aromatic nitrogens is 1. The lowest BCUT2D eigenvalue weighted by Gasteiger charge is -2.35. The molecule has 2 N–H and O–H groups in total. The van der Waals surface area contributed by atoms with Gasteiger partial charge < -0.3 is 15.5 Å². The summed E-state index contributed by atoms with van der Waals surface area (Å²) in [5.41, 5.74) is 7.05. The van der Waals surface area contributed by atoms with Crippen molar-refractivity contribution in [3.8, 4) is 0 Å². The van der Waals surface area contributed by atoms with Gasteiger partial charge in [0.05, 0.1) is 5.69 Å². The van der Waals surface area contributed by atoms with E-state index >= 15 is 0 Å². The molecule has 108 valence electrons. The Morgan fingerprint density at radius 3 is 2.58 bits per heavy atom. The molecule has 0 radical (unpaired) electrons. The van der Waals surface area contributed by atoms with E-state index in [9.17, 15) is 0 Å². The fourth-order valence-corrected chi connectivity index (χ4v) is 3.71. The topological polar surface area (TPSA) is 45.4 Å². The van der Waals surface area contributed by atoms with Crippen LogP contribution in [0.1, 0.15) is 36.8 Å². The monoisotopic (exact) mass is 282 g/mol. The van der Waals surface area contributed by atoms with Gasteiger partial charge in [-0.2, -0.15) is 0 Å². The summed E-state index contributed by atoms with van der Waals surface area (Å²) in [4.78, 5) is 10.9. The molecule has 0 unspecified atom stereocenters. The van der Waals surface area contributed by atoms with Crippen LogP contribution in [0, 0.1) is 0 Å². The predicted molar refractivity (Wildman–Crippen MR) is 82.9 cm³/mol. The first-order valence-electron chi connectivity index (χ1n) is 7.25. The van der Waals surface area contributed by atoms with Gasteiger partial charge in [0.25, 0.3) is 0 Å². The third-order valence-electron chi connectivity index (χ3n) is 3.90. The van der Waals surface area contributed by atoms with Crippen LogP contribution in [0.15, 0.2) is 0 Å². The van der Waals surface area contributed by atoms with Crippen molar-refractivity contribution in [1.29, 1.82) is 0 Å². The number of anilines is 1. The van der Waals surface area contributed by atoms with Crippen molar-refractivity contribution in [2.45, 2.75) is 45.2 Å². The van der Waals surface area contributed by atoms with Gasteiger partial charge in [-0.25, -0.2) is 4.98 Å². The van der Waals surface area contributed by atoms with Crippen LogP contribution < -0.4 is 10.6 Å². The van der Waals surface area contributed by atoms with Gasteiger partial charge in [0, 0.05) is 30.6 Å². The third-order valence-corrected chi connectivity index (χ3v) is 5.09. The van der Waals surface area contributed by atoms with Gasteiger partial charge in [-0.1, -0.05) is 13.3 Å². The third kappa shape index (κ3) is 3.46. The average molecular weight is 282 g/mol. The van der Waals surface area contributed by atoms with Crippen molar-refractivity contribution in [2.75, 3.05) is 32.1 Å². The van der Waals surface area contributed by atoms with Crippen LogP contribution in [0.25, 0.3) is 0 Å². The van der Waals surface area contributed by atoms with E-state index in [0.29, 0.717) is 6.54 Å². The lowest BCUT2D eigenvalue weighted by Crippen LogP contribution is -2.41. The maximum atomic E-state index is 5.83. The van der Waals surface area contributed by atoms with Crippen molar-refractivity contribution in [2.24, 2.45) is 5.73 Å². The number of rotatable bonds is 5. The number of aryl methyl sites for hydroxylation is 1. The minimum absolute atomic E-state index is 0.626. The Morgan fingerprint density at radius 1 is 1.37 bits per heavy atom. The Kier molecular flexibility index (Phi) is 5.19. The summed E-state index contributed by atoms with van der Waals surface area (Å²) in [5.74, 6) is 0. The lowest BCUT2D eigenvalue weighted by molar-refractivity contribution is 0.249. The van der Waals surface area contributed by atoms with E-state index in [1.165, 1.54) is 28.5 Å². The Labute approximate surface area is 120 Å². The van der Waals surface area contributed by atoms with Gasteiger partial charge in [-0.15, -0.1) is 11.3 Å². The Hall–Kier alpha value is -0.650. The van der Waals surface area contributed by atoms with E-state index in [1.54, 1.807) is 11.3 Å². The molecule has 1 aromatic rings. The fourth-order valence-electron chi connectivity index (χ4n) is 2.67. The molecule has 0 spiro atoms. The largest absolute Gasteiger partial charge is 0.348 e. The minimum Gasteiger partial charge on any atom is -0.348 e. The summed E-state index contributed by atoms with van der Waals surface area (Å²) < 4.78 is 0. The van der Waals surface area contributed by atoms with Crippen molar-refractivity contribution in [1.82, 2.24) is 9.88 Å². The zero-order chi connectivity index (χ0) is 13.8. The predicted octanol–water partition coefficient (Wildman–Crippen LogP) is 2.08. The first-order chi connectivity index (χ1) is 9.15. The SMILES string of the molecule is CCCc1nc(N2CCC(N(C)C)CC2)sc1CN. The highest BCUT2D eigenvalue weighted by Crippen LogP contribution is 2.29. The zero-order valence-corrected chi connectivity index (χ0v) is 13.2. The maximum Gasteiger partial charge on any atom is 0.185 e. The smallest absolute Gasteiger partial charge is 0.185 e. The molecule has 0 bridgehead atoms. The number of nitrogens with two attached hydrogens (primary N) is 1. The molecule has 0 saturated carbocycles. The number of piperidine rings is 1. The van der Waals surface area contributed by atoms with E-state index in [1.807, 2.05) is 0 Å². The van der Waals surface area contributed by atoms with E-state index in [-0.39, 0.29) is 0 Å². The summed E-state index contributed by atoms with van der Waals surface area (Å²) in [6.45, 7) is 5.06. The fraction of sp³-hybridized carbons (Fsp3) is 0.786. The van der Waals surface area contributed by atoms with Crippen LogP contribution in [0.5, 0.6) is 0 Å². The molecule has 0 aromatic carbocycles. The normalized spacial score (nSPS) is 17.4. The van der Waals surface area contributed by atoms with E-state index in [4.69, 9.17) is 10.7 Å². The first kappa shape index (κ1) is 14.8. The highest BCUT2D eigenvalue weighted by Gasteiger charge is 2.23. The van der Waals surface area contributed by atoms with Crippen LogP contribution in [-0.4, -0.2) is 43.1 Å². The van der Waals surface area contributed by atoms with Crippen molar-refractivity contribution in [3.63, 3.8) is 0 Å². The minimum atomic E-state index is 0.626. The van der Waals surface area contributed by atoms with Gasteiger partial charge in [0.1, 0.15) is 0 Å². The van der Waals surface area contributed by atoms with Gasteiger partial charge in [0.15, 0.2) is 5.13 Å². The lowest BCUT2D eigenvalue weighted by atomic mass is 10.0. The molecule has 0 amide bonds. The highest BCUT2D eigenvalue weighted by molar-refractivity contribution is 7.15. The quantitative estimate of drug-likeness (QED) is 0.898. The summed E-state index contributed by atoms with van der Waals surface area (Å²) in [5, 5.41) is 1.18. The molecular weight excluding hydrogens is 256 g/mol. The van der Waals surface area contributed by atoms with Crippen molar-refractivity contribution in [3.05, 3.63) is 10.6 Å². The molecule has 0 aliphatic carbocycles. The second kappa shape index (κ2) is 6.68. The van der Waals surface area contributed by atoms with Gasteiger partial charge in [-0.3, -0.25) is 0 Å². The molecule has 1 aromatic heterocycles. The molecule has 1 fully saturated rings. The van der Waals surface area contributed by atoms with Crippen LogP contribution in [0.2, 0.25) is 0 Å². The Morgan fingerprint density at radius 2 is 2.05 bits per heavy atom. The molecule has 5 heteroatoms. The second-order valence-corrected chi connectivity index (χ2v) is 6.56. The van der Waals surface area contributed by atoms with E-state index in [2.05, 4.69) is 30.8 Å². The average Bonchev–Trinajstić information content (AvgIpc) is 2.82. The second-order valence-electron chi connectivity index (χ2n) is 5.50. The molecule has 2 rings (SSSR count). The Bertz CT molecular complexity index is 394. The van der Waals surface area contributed by atoms with Crippen LogP contribution >= 0.6 is 11.3 Å². The number of hydrogen-bond donors (Lipinski definition) is 1. The van der Waals surface area contributed by atoms with Crippen LogP contribution in [-0.2, 0) is 13.0 Å². The summed E-state index contributed by atoms with van der Waals surface area (Å²) >= 11 is 1.79. The highest BCUT2D eigenvalue weighted by atomic mass is 32.1. The molecular formula is C14H26N4S. The summed E-state index contributed by atoms with van der Waals surface area (Å²) in [6, 6.07) is 0.723. The van der Waals surface area contributed by atoms with Gasteiger partial charge in [0.2, 0.25) is 0 Å². The summed E-state index contributed by atoms with van der Waals surface area (Å²) in [7, 11) is 4.35. The van der Waals surface area contributed by atoms with Crippen molar-refractivity contribution < 1.29 is 0 Å². The molecule has 0 atom stereocenters. The van der Waals surface area contributed by atoms with E-state index < -0.39 is 0 Å². The molecule has 1 saturated heterocycles. The van der Waals surface area contributed by atoms with Crippen molar-refractivity contribution >= 4 is 16.5 Å². The molecule has 1 aliphatic heterocycles. The molecule has 4 nitrogen and oxygen atoms in total. The van der Waals surface area contributed by atoms with Gasteiger partial charge in [-0.05, 0) is 33.4 Å². The van der Waals surface area contributed by atoms with Gasteiger partial charge >= 0.3 is 0 Å². The first-order valence-corrected chi connectivity index (χ1v) is 8.07. The number of nitrogens with zero attached hydrogens (tertiary/aromatic N) is 3. The standard InChI is InChI=1S/C14H26N4S/c1-4-5-12-13(10-15)19-14(16-12)18-8-6-11(7-9-18)17(2)3/h11H,4-10,15H2,1-3H3. The summed E-state index contributed by atoms with van der Waals surface area (Å²) in [6.07, 6.45) is 4.65. The molecule has 1 aliphatic rings. The number of hydrogen-bond acceptors (Lipinski definition) is 5. The molecule has 19 heavy (non-hydrogen) atoms. The van der Waals surface area contributed by atoms with Crippen LogP contribution in [0.4, 0.5) is 5.13 Å². The molecule has 2 heterocycles.